The number of anilines is 2. The molecule has 0 saturated heterocycles. The molecule has 0 saturated carbocycles. The number of carbonyl (C=O) groups excluding carboxylic acids is 2. The first-order valence-corrected chi connectivity index (χ1v) is 12.0. The van der Waals surface area contributed by atoms with Crippen molar-refractivity contribution in [3.8, 4) is 0 Å². The van der Waals surface area contributed by atoms with Crippen LogP contribution in [0.3, 0.4) is 0 Å². The molecule has 9 heteroatoms. The van der Waals surface area contributed by atoms with Gasteiger partial charge >= 0.3 is 0 Å². The fraction of sp³-hybridized carbons (Fsp3) is 0.167. The van der Waals surface area contributed by atoms with Crippen LogP contribution in [0.15, 0.2) is 77.7 Å². The topological polar surface area (TPSA) is 95.6 Å². The first-order chi connectivity index (χ1) is 15.6. The molecule has 0 spiro atoms. The smallest absolute Gasteiger partial charge is 0.264 e. The summed E-state index contributed by atoms with van der Waals surface area (Å²) in [6.07, 6.45) is 0. The largest absolute Gasteiger partial charge is 0.350 e. The normalized spacial score (nSPS) is 11.2. The highest BCUT2D eigenvalue weighted by Crippen LogP contribution is 2.25. The summed E-state index contributed by atoms with van der Waals surface area (Å²) < 4.78 is 27.3. The zero-order valence-electron chi connectivity index (χ0n) is 18.4. The Hall–Kier alpha value is -3.36. The van der Waals surface area contributed by atoms with Gasteiger partial charge in [0.2, 0.25) is 0 Å². The molecule has 33 heavy (non-hydrogen) atoms. The summed E-state index contributed by atoms with van der Waals surface area (Å²) in [6.45, 7) is 3.68. The number of rotatable bonds is 7. The average molecular weight is 486 g/mol. The molecule has 0 heterocycles. The van der Waals surface area contributed by atoms with E-state index in [1.54, 1.807) is 42.5 Å². The second-order valence-electron chi connectivity index (χ2n) is 7.61. The lowest BCUT2D eigenvalue weighted by Gasteiger charge is -2.20. The maximum atomic E-state index is 13.1. The Kier molecular flexibility index (Phi) is 7.40. The van der Waals surface area contributed by atoms with Crippen LogP contribution in [0, 0.1) is 0 Å². The maximum Gasteiger partial charge on any atom is 0.264 e. The van der Waals surface area contributed by atoms with Crippen LogP contribution < -0.4 is 14.9 Å². The lowest BCUT2D eigenvalue weighted by atomic mass is 10.1. The van der Waals surface area contributed by atoms with Crippen molar-refractivity contribution < 1.29 is 18.0 Å². The molecule has 0 bridgehead atoms. The number of hydrogen-bond acceptors (Lipinski definition) is 4. The minimum atomic E-state index is -3.94. The zero-order chi connectivity index (χ0) is 24.2. The highest BCUT2D eigenvalue weighted by atomic mass is 35.5. The molecule has 0 atom stereocenters. The predicted octanol–water partition coefficient (Wildman–Crippen LogP) is 4.56. The number of amides is 2. The number of halogens is 1. The third-order valence-electron chi connectivity index (χ3n) is 4.77. The van der Waals surface area contributed by atoms with Crippen molar-refractivity contribution in [1.29, 1.82) is 0 Å². The van der Waals surface area contributed by atoms with Crippen LogP contribution in [0.1, 0.15) is 34.6 Å². The van der Waals surface area contributed by atoms with Gasteiger partial charge in [0, 0.05) is 23.7 Å². The summed E-state index contributed by atoms with van der Waals surface area (Å²) in [6, 6.07) is 18.7. The van der Waals surface area contributed by atoms with Gasteiger partial charge < -0.3 is 10.6 Å². The standard InChI is InChI=1S/C24H24ClN3O4S/c1-16(2)26-24(30)21-12-4-5-13-22(21)27-23(29)17-8-6-11-20(14-17)33(31,32)28(3)19-10-7-9-18(25)15-19/h4-16H,1-3H3,(H,26,30)(H,27,29). The first kappa shape index (κ1) is 24.3. The molecule has 0 aliphatic rings. The van der Waals surface area contributed by atoms with Crippen molar-refractivity contribution in [2.45, 2.75) is 24.8 Å². The van der Waals surface area contributed by atoms with E-state index < -0.39 is 15.9 Å². The third kappa shape index (κ3) is 5.71. The van der Waals surface area contributed by atoms with Gasteiger partial charge in [0.1, 0.15) is 0 Å². The van der Waals surface area contributed by atoms with Crippen molar-refractivity contribution in [3.63, 3.8) is 0 Å². The van der Waals surface area contributed by atoms with Crippen molar-refractivity contribution in [2.75, 3.05) is 16.7 Å². The summed E-state index contributed by atoms with van der Waals surface area (Å²) >= 11 is 5.99. The molecule has 0 unspecified atom stereocenters. The summed E-state index contributed by atoms with van der Waals surface area (Å²) in [7, 11) is -2.53. The van der Waals surface area contributed by atoms with Crippen molar-refractivity contribution >= 4 is 44.8 Å². The van der Waals surface area contributed by atoms with Gasteiger partial charge in [-0.25, -0.2) is 8.42 Å². The van der Waals surface area contributed by atoms with Crippen LogP contribution in [0.2, 0.25) is 5.02 Å². The van der Waals surface area contributed by atoms with Gasteiger partial charge in [-0.2, -0.15) is 0 Å². The molecule has 0 aromatic heterocycles. The van der Waals surface area contributed by atoms with Crippen molar-refractivity contribution in [1.82, 2.24) is 5.32 Å². The van der Waals surface area contributed by atoms with Crippen LogP contribution in [0.25, 0.3) is 0 Å². The summed E-state index contributed by atoms with van der Waals surface area (Å²) in [5.41, 5.74) is 1.16. The number of nitrogens with zero attached hydrogens (tertiary/aromatic N) is 1. The van der Waals surface area contributed by atoms with Gasteiger partial charge in [-0.3, -0.25) is 13.9 Å². The van der Waals surface area contributed by atoms with E-state index in [1.165, 1.54) is 37.4 Å². The Morgan fingerprint density at radius 3 is 2.30 bits per heavy atom. The van der Waals surface area contributed by atoms with Gasteiger partial charge in [-0.15, -0.1) is 0 Å². The molecule has 172 valence electrons. The Labute approximate surface area is 198 Å². The molecular formula is C24H24ClN3O4S. The summed E-state index contributed by atoms with van der Waals surface area (Å²) in [5, 5.41) is 5.90. The molecule has 0 radical (unpaired) electrons. The number of carbonyl (C=O) groups is 2. The van der Waals surface area contributed by atoms with E-state index in [2.05, 4.69) is 10.6 Å². The quantitative estimate of drug-likeness (QED) is 0.513. The minimum Gasteiger partial charge on any atom is -0.350 e. The van der Waals surface area contributed by atoms with E-state index in [1.807, 2.05) is 13.8 Å². The molecule has 2 amide bonds. The van der Waals surface area contributed by atoms with E-state index in [0.717, 1.165) is 4.31 Å². The molecule has 3 aromatic carbocycles. The van der Waals surface area contributed by atoms with Crippen molar-refractivity contribution in [3.05, 3.63) is 88.9 Å². The highest BCUT2D eigenvalue weighted by molar-refractivity contribution is 7.92. The van der Waals surface area contributed by atoms with Crippen molar-refractivity contribution in [2.24, 2.45) is 0 Å². The monoisotopic (exact) mass is 485 g/mol. The average Bonchev–Trinajstić information content (AvgIpc) is 2.78. The number of sulfonamides is 1. The number of benzene rings is 3. The van der Waals surface area contributed by atoms with Gasteiger partial charge in [0.25, 0.3) is 21.8 Å². The lowest BCUT2D eigenvalue weighted by molar-refractivity contribution is 0.0944. The molecular weight excluding hydrogens is 462 g/mol. The van der Waals surface area contributed by atoms with E-state index in [4.69, 9.17) is 11.6 Å². The van der Waals surface area contributed by atoms with Gasteiger partial charge in [0.15, 0.2) is 0 Å². The third-order valence-corrected chi connectivity index (χ3v) is 6.78. The second kappa shape index (κ2) is 10.1. The van der Waals surface area contributed by atoms with Crippen LogP contribution in [0.5, 0.6) is 0 Å². The molecule has 0 fully saturated rings. The molecule has 2 N–H and O–H groups in total. The van der Waals surface area contributed by atoms with E-state index >= 15 is 0 Å². The van der Waals surface area contributed by atoms with Crippen LogP contribution in [-0.4, -0.2) is 33.3 Å². The first-order valence-electron chi connectivity index (χ1n) is 10.2. The Morgan fingerprint density at radius 1 is 0.909 bits per heavy atom. The fourth-order valence-corrected chi connectivity index (χ4v) is 4.51. The number of para-hydroxylation sites is 1. The Morgan fingerprint density at radius 2 is 1.61 bits per heavy atom. The summed E-state index contributed by atoms with van der Waals surface area (Å²) in [5.74, 6) is -0.859. The van der Waals surface area contributed by atoms with Crippen LogP contribution >= 0.6 is 11.6 Å². The highest BCUT2D eigenvalue weighted by Gasteiger charge is 2.23. The molecule has 3 rings (SSSR count). The Bertz CT molecular complexity index is 1290. The fourth-order valence-electron chi connectivity index (χ4n) is 3.09. The van der Waals surface area contributed by atoms with E-state index in [0.29, 0.717) is 22.0 Å². The van der Waals surface area contributed by atoms with Gasteiger partial charge in [-0.1, -0.05) is 35.9 Å². The minimum absolute atomic E-state index is 0.0524. The summed E-state index contributed by atoms with van der Waals surface area (Å²) in [4.78, 5) is 25.3. The molecule has 3 aromatic rings. The lowest BCUT2D eigenvalue weighted by Crippen LogP contribution is -2.31. The predicted molar refractivity (Wildman–Crippen MR) is 130 cm³/mol. The Balaban J connectivity index is 1.87. The SMILES string of the molecule is CC(C)NC(=O)c1ccccc1NC(=O)c1cccc(S(=O)(=O)N(C)c2cccc(Cl)c2)c1. The van der Waals surface area contributed by atoms with Crippen LogP contribution in [-0.2, 0) is 10.0 Å². The van der Waals surface area contributed by atoms with E-state index in [-0.39, 0.29) is 22.4 Å². The second-order valence-corrected chi connectivity index (χ2v) is 10.0. The zero-order valence-corrected chi connectivity index (χ0v) is 19.9. The van der Waals surface area contributed by atoms with Crippen LogP contribution in [0.4, 0.5) is 11.4 Å². The van der Waals surface area contributed by atoms with Gasteiger partial charge in [0.05, 0.1) is 21.8 Å². The van der Waals surface area contributed by atoms with E-state index in [9.17, 15) is 18.0 Å². The molecule has 7 nitrogen and oxygen atoms in total. The van der Waals surface area contributed by atoms with Gasteiger partial charge in [-0.05, 0) is 62.4 Å². The molecule has 0 aliphatic heterocycles. The number of hydrogen-bond donors (Lipinski definition) is 2. The maximum absolute atomic E-state index is 13.1. The molecule has 0 aliphatic carbocycles. The number of nitrogens with one attached hydrogen (secondary N) is 2.